The first-order valence-corrected chi connectivity index (χ1v) is 11.0. The van der Waals surface area contributed by atoms with Crippen molar-refractivity contribution in [2.45, 2.75) is 51.5 Å². The van der Waals surface area contributed by atoms with Crippen LogP contribution in [0.1, 0.15) is 66.2 Å². The lowest BCUT2D eigenvalue weighted by Gasteiger charge is -2.51. The molecule has 1 aliphatic heterocycles. The Morgan fingerprint density at radius 3 is 2.23 bits per heavy atom. The first kappa shape index (κ1) is 20.5. The third kappa shape index (κ3) is 4.07. The highest BCUT2D eigenvalue weighted by molar-refractivity contribution is 6.05. The first-order valence-electron chi connectivity index (χ1n) is 11.0. The molecule has 0 aromatic heterocycles. The van der Waals surface area contributed by atoms with E-state index in [0.717, 1.165) is 30.8 Å². The molecule has 5 nitrogen and oxygen atoms in total. The highest BCUT2D eigenvalue weighted by Gasteiger charge is 2.44. The zero-order chi connectivity index (χ0) is 21.1. The number of anilines is 2. The van der Waals surface area contributed by atoms with Crippen molar-refractivity contribution in [2.24, 2.45) is 5.41 Å². The fourth-order valence-electron chi connectivity index (χ4n) is 5.11. The van der Waals surface area contributed by atoms with Gasteiger partial charge in [-0.2, -0.15) is 0 Å². The molecule has 4 rings (SSSR count). The third-order valence-corrected chi connectivity index (χ3v) is 6.89. The molecule has 1 heterocycles. The monoisotopic (exact) mass is 405 g/mol. The molecule has 1 saturated heterocycles. The lowest BCUT2D eigenvalue weighted by atomic mass is 9.66. The Morgan fingerprint density at radius 1 is 0.900 bits per heavy atom. The Morgan fingerprint density at radius 2 is 1.53 bits per heavy atom. The molecule has 2 fully saturated rings. The van der Waals surface area contributed by atoms with E-state index in [1.165, 1.54) is 25.7 Å². The number of benzene rings is 2. The van der Waals surface area contributed by atoms with Crippen LogP contribution < -0.4 is 10.6 Å². The summed E-state index contributed by atoms with van der Waals surface area (Å²) in [6, 6.07) is 15.0. The van der Waals surface area contributed by atoms with Gasteiger partial charge < -0.3 is 15.5 Å². The van der Waals surface area contributed by atoms with E-state index in [4.69, 9.17) is 0 Å². The van der Waals surface area contributed by atoms with Crippen LogP contribution in [0.4, 0.5) is 11.4 Å². The normalized spacial score (nSPS) is 23.4. The molecule has 1 aliphatic carbocycles. The maximum atomic E-state index is 13.2. The van der Waals surface area contributed by atoms with Gasteiger partial charge in [0.2, 0.25) is 0 Å². The zero-order valence-corrected chi connectivity index (χ0v) is 17.9. The molecule has 1 saturated carbocycles. The van der Waals surface area contributed by atoms with Gasteiger partial charge in [-0.05, 0) is 79.6 Å². The van der Waals surface area contributed by atoms with Gasteiger partial charge in [0, 0.05) is 42.1 Å². The Kier molecular flexibility index (Phi) is 5.80. The van der Waals surface area contributed by atoms with Crippen LogP contribution in [0, 0.1) is 5.41 Å². The molecule has 0 radical (unpaired) electrons. The van der Waals surface area contributed by atoms with Crippen molar-refractivity contribution < 1.29 is 9.59 Å². The van der Waals surface area contributed by atoms with E-state index in [1.54, 1.807) is 24.3 Å². The summed E-state index contributed by atoms with van der Waals surface area (Å²) in [4.78, 5) is 27.9. The summed E-state index contributed by atoms with van der Waals surface area (Å²) in [7, 11) is 1.86. The Balaban J connectivity index is 1.44. The molecule has 5 heteroatoms. The SMILES string of the molecule is CNc1ccc(NC(=O)c2ccc(C(=O)N3CCCC4(C)CCCC[C@H]34)cc2)cc1. The van der Waals surface area contributed by atoms with Gasteiger partial charge in [0.15, 0.2) is 0 Å². The summed E-state index contributed by atoms with van der Waals surface area (Å²) in [5.41, 5.74) is 3.20. The zero-order valence-electron chi connectivity index (χ0n) is 17.9. The second kappa shape index (κ2) is 8.50. The average molecular weight is 406 g/mol. The van der Waals surface area contributed by atoms with Crippen molar-refractivity contribution >= 4 is 23.2 Å². The van der Waals surface area contributed by atoms with Gasteiger partial charge >= 0.3 is 0 Å². The van der Waals surface area contributed by atoms with E-state index in [-0.39, 0.29) is 17.2 Å². The minimum atomic E-state index is -0.177. The van der Waals surface area contributed by atoms with Gasteiger partial charge in [-0.3, -0.25) is 9.59 Å². The van der Waals surface area contributed by atoms with Crippen LogP contribution in [-0.2, 0) is 0 Å². The largest absolute Gasteiger partial charge is 0.388 e. The number of nitrogens with zero attached hydrogens (tertiary/aromatic N) is 1. The maximum Gasteiger partial charge on any atom is 0.255 e. The second-order valence-electron chi connectivity index (χ2n) is 8.88. The Bertz CT molecular complexity index is 903. The average Bonchev–Trinajstić information content (AvgIpc) is 2.78. The van der Waals surface area contributed by atoms with Gasteiger partial charge in [-0.15, -0.1) is 0 Å². The van der Waals surface area contributed by atoms with Crippen molar-refractivity contribution in [1.29, 1.82) is 0 Å². The molecule has 2 N–H and O–H groups in total. The van der Waals surface area contributed by atoms with Gasteiger partial charge in [-0.1, -0.05) is 19.8 Å². The molecular formula is C25H31N3O2. The molecule has 0 bridgehead atoms. The number of hydrogen-bond acceptors (Lipinski definition) is 3. The number of hydrogen-bond donors (Lipinski definition) is 2. The molecule has 2 aromatic carbocycles. The van der Waals surface area contributed by atoms with Crippen molar-refractivity contribution in [3.63, 3.8) is 0 Å². The van der Waals surface area contributed by atoms with Crippen LogP contribution >= 0.6 is 0 Å². The fraction of sp³-hybridized carbons (Fsp3) is 0.440. The van der Waals surface area contributed by atoms with Gasteiger partial charge in [0.05, 0.1) is 0 Å². The molecule has 2 aromatic rings. The lowest BCUT2D eigenvalue weighted by Crippen LogP contribution is -2.54. The number of carbonyl (C=O) groups excluding carboxylic acids is 2. The minimum absolute atomic E-state index is 0.0995. The van der Waals surface area contributed by atoms with Crippen molar-refractivity contribution in [2.75, 3.05) is 24.2 Å². The summed E-state index contributed by atoms with van der Waals surface area (Å²) in [6.45, 7) is 3.19. The smallest absolute Gasteiger partial charge is 0.255 e. The van der Waals surface area contributed by atoms with Gasteiger partial charge in [-0.25, -0.2) is 0 Å². The number of amides is 2. The van der Waals surface area contributed by atoms with Crippen LogP contribution in [-0.4, -0.2) is 36.3 Å². The number of rotatable bonds is 4. The van der Waals surface area contributed by atoms with Crippen LogP contribution in [0.25, 0.3) is 0 Å². The van der Waals surface area contributed by atoms with E-state index in [0.29, 0.717) is 17.2 Å². The van der Waals surface area contributed by atoms with E-state index in [9.17, 15) is 9.59 Å². The summed E-state index contributed by atoms with van der Waals surface area (Å²) < 4.78 is 0. The van der Waals surface area contributed by atoms with Gasteiger partial charge in [0.25, 0.3) is 11.8 Å². The Labute approximate surface area is 178 Å². The first-order chi connectivity index (χ1) is 14.5. The predicted molar refractivity (Wildman–Crippen MR) is 121 cm³/mol. The highest BCUT2D eigenvalue weighted by atomic mass is 16.2. The van der Waals surface area contributed by atoms with E-state index in [2.05, 4.69) is 22.5 Å². The lowest BCUT2D eigenvalue weighted by molar-refractivity contribution is -0.000454. The van der Waals surface area contributed by atoms with Crippen molar-refractivity contribution in [3.05, 3.63) is 59.7 Å². The minimum Gasteiger partial charge on any atom is -0.388 e. The van der Waals surface area contributed by atoms with Crippen molar-refractivity contribution in [1.82, 2.24) is 4.90 Å². The van der Waals surface area contributed by atoms with Gasteiger partial charge in [0.1, 0.15) is 0 Å². The summed E-state index contributed by atoms with van der Waals surface area (Å²) in [5.74, 6) is -0.0773. The van der Waals surface area contributed by atoms with E-state index in [1.807, 2.05) is 31.3 Å². The summed E-state index contributed by atoms with van der Waals surface area (Å²) in [6.07, 6.45) is 7.10. The second-order valence-corrected chi connectivity index (χ2v) is 8.88. The van der Waals surface area contributed by atoms with E-state index >= 15 is 0 Å². The standard InChI is InChI=1S/C25H31N3O2/c1-25-15-4-3-6-22(25)28(17-5-16-25)24(30)19-9-7-18(8-10-19)23(29)27-21-13-11-20(26-2)12-14-21/h7-14,22,26H,3-6,15-17H2,1-2H3,(H,27,29)/t22-,25?/m0/s1. The molecule has 2 amide bonds. The van der Waals surface area contributed by atoms with Crippen LogP contribution in [0.2, 0.25) is 0 Å². The molecule has 30 heavy (non-hydrogen) atoms. The summed E-state index contributed by atoms with van der Waals surface area (Å²) in [5, 5.41) is 5.96. The van der Waals surface area contributed by atoms with Crippen molar-refractivity contribution in [3.8, 4) is 0 Å². The Hall–Kier alpha value is -2.82. The van der Waals surface area contributed by atoms with Crippen LogP contribution in [0.5, 0.6) is 0 Å². The predicted octanol–water partition coefficient (Wildman–Crippen LogP) is 5.17. The molecule has 0 spiro atoms. The number of fused-ring (bicyclic) bond motifs is 1. The molecule has 2 atom stereocenters. The number of piperidine rings is 1. The number of carbonyl (C=O) groups is 2. The maximum absolute atomic E-state index is 13.2. The van der Waals surface area contributed by atoms with Crippen LogP contribution in [0.3, 0.4) is 0 Å². The molecule has 158 valence electrons. The highest BCUT2D eigenvalue weighted by Crippen LogP contribution is 2.45. The van der Waals surface area contributed by atoms with Crippen LogP contribution in [0.15, 0.2) is 48.5 Å². The topological polar surface area (TPSA) is 61.4 Å². The fourth-order valence-corrected chi connectivity index (χ4v) is 5.11. The summed E-state index contributed by atoms with van der Waals surface area (Å²) >= 11 is 0. The molecular weight excluding hydrogens is 374 g/mol. The molecule has 1 unspecified atom stereocenters. The third-order valence-electron chi connectivity index (χ3n) is 6.89. The van der Waals surface area contributed by atoms with E-state index < -0.39 is 0 Å². The number of likely N-dealkylation sites (tertiary alicyclic amines) is 1. The molecule has 2 aliphatic rings. The number of nitrogens with one attached hydrogen (secondary N) is 2. The quantitative estimate of drug-likeness (QED) is 0.738.